The molecular weight excluding hydrogens is 328 g/mol. The van der Waals surface area contributed by atoms with Crippen LogP contribution >= 0.6 is 12.4 Å². The molecule has 3 N–H and O–H groups in total. The van der Waals surface area contributed by atoms with Crippen LogP contribution in [0.2, 0.25) is 0 Å². The zero-order valence-corrected chi connectivity index (χ0v) is 14.4. The van der Waals surface area contributed by atoms with Crippen LogP contribution in [0.3, 0.4) is 0 Å². The molecule has 1 unspecified atom stereocenters. The van der Waals surface area contributed by atoms with Gasteiger partial charge in [0.15, 0.2) is 0 Å². The molecule has 0 fully saturated rings. The van der Waals surface area contributed by atoms with E-state index in [2.05, 4.69) is 10.6 Å². The smallest absolute Gasteiger partial charge is 0.234 e. The molecule has 0 aromatic heterocycles. The van der Waals surface area contributed by atoms with Crippen LogP contribution in [0.1, 0.15) is 17.2 Å². The van der Waals surface area contributed by atoms with Gasteiger partial charge in [0.1, 0.15) is 12.4 Å². The average Bonchev–Trinajstić information content (AvgIpc) is 2.59. The number of hydrogen-bond acceptors (Lipinski definition) is 4. The summed E-state index contributed by atoms with van der Waals surface area (Å²) in [4.78, 5) is 11.4. The summed E-state index contributed by atoms with van der Waals surface area (Å²) in [6.45, 7) is 0.870. The molecule has 0 aliphatic carbocycles. The average molecular weight is 351 g/mol. The third-order valence-electron chi connectivity index (χ3n) is 3.32. The SMILES string of the molecule is CNCC(=O)NCC(O)c1cccc(OCc2ccccc2)c1.Cl. The second-order valence-electron chi connectivity index (χ2n) is 5.20. The number of rotatable bonds is 8. The normalized spacial score (nSPS) is 11.2. The minimum atomic E-state index is -0.768. The fraction of sp³-hybridized carbons (Fsp3) is 0.278. The van der Waals surface area contributed by atoms with E-state index < -0.39 is 6.10 Å². The Kier molecular flexibility index (Phi) is 8.86. The highest BCUT2D eigenvalue weighted by Crippen LogP contribution is 2.20. The summed E-state index contributed by atoms with van der Waals surface area (Å²) >= 11 is 0. The first kappa shape index (κ1) is 20.0. The van der Waals surface area contributed by atoms with Crippen LogP contribution in [0.25, 0.3) is 0 Å². The standard InChI is InChI=1S/C18H22N2O3.ClH/c1-19-12-18(22)20-11-17(21)15-8-5-9-16(10-15)23-13-14-6-3-2-4-7-14;/h2-10,17,19,21H,11-13H2,1H3,(H,20,22);1H. The Morgan fingerprint density at radius 3 is 2.62 bits per heavy atom. The Morgan fingerprint density at radius 1 is 1.17 bits per heavy atom. The molecular formula is C18H23ClN2O3. The van der Waals surface area contributed by atoms with Gasteiger partial charge in [-0.2, -0.15) is 0 Å². The monoisotopic (exact) mass is 350 g/mol. The van der Waals surface area contributed by atoms with Crippen LogP contribution in [0.5, 0.6) is 5.75 Å². The van der Waals surface area contributed by atoms with Crippen LogP contribution in [0, 0.1) is 0 Å². The van der Waals surface area contributed by atoms with Crippen molar-refractivity contribution in [3.05, 3.63) is 65.7 Å². The first-order valence-electron chi connectivity index (χ1n) is 7.55. The maximum atomic E-state index is 11.4. The number of benzene rings is 2. The van der Waals surface area contributed by atoms with Crippen molar-refractivity contribution in [2.24, 2.45) is 0 Å². The molecule has 0 bridgehead atoms. The first-order valence-corrected chi connectivity index (χ1v) is 7.55. The first-order chi connectivity index (χ1) is 11.2. The van der Waals surface area contributed by atoms with Crippen LogP contribution in [0.4, 0.5) is 0 Å². The maximum Gasteiger partial charge on any atom is 0.234 e. The lowest BCUT2D eigenvalue weighted by Gasteiger charge is -2.14. The maximum absolute atomic E-state index is 11.4. The Hall–Kier alpha value is -2.08. The minimum absolute atomic E-state index is 0. The lowest BCUT2D eigenvalue weighted by Crippen LogP contribution is -2.34. The summed E-state index contributed by atoms with van der Waals surface area (Å²) in [6.07, 6.45) is -0.768. The molecule has 5 nitrogen and oxygen atoms in total. The van der Waals surface area contributed by atoms with Crippen LogP contribution in [0.15, 0.2) is 54.6 Å². The third kappa shape index (κ3) is 6.58. The number of ether oxygens (including phenoxy) is 1. The highest BCUT2D eigenvalue weighted by Gasteiger charge is 2.10. The van der Waals surface area contributed by atoms with Crippen molar-refractivity contribution in [1.29, 1.82) is 0 Å². The molecule has 0 saturated heterocycles. The van der Waals surface area contributed by atoms with E-state index in [4.69, 9.17) is 4.74 Å². The minimum Gasteiger partial charge on any atom is -0.489 e. The van der Waals surface area contributed by atoms with Crippen molar-refractivity contribution in [2.45, 2.75) is 12.7 Å². The van der Waals surface area contributed by atoms with E-state index in [0.717, 1.165) is 5.56 Å². The molecule has 2 aromatic rings. The third-order valence-corrected chi connectivity index (χ3v) is 3.32. The zero-order chi connectivity index (χ0) is 16.5. The molecule has 2 aromatic carbocycles. The lowest BCUT2D eigenvalue weighted by atomic mass is 10.1. The van der Waals surface area contributed by atoms with Gasteiger partial charge in [0, 0.05) is 6.54 Å². The number of amides is 1. The second-order valence-corrected chi connectivity index (χ2v) is 5.20. The predicted molar refractivity (Wildman–Crippen MR) is 96.4 cm³/mol. The summed E-state index contributed by atoms with van der Waals surface area (Å²) in [7, 11) is 1.70. The van der Waals surface area contributed by atoms with Gasteiger partial charge in [0.2, 0.25) is 5.91 Å². The number of aliphatic hydroxyl groups is 1. The number of nitrogens with one attached hydrogen (secondary N) is 2. The quantitative estimate of drug-likeness (QED) is 0.681. The number of halogens is 1. The van der Waals surface area contributed by atoms with Gasteiger partial charge in [-0.05, 0) is 30.3 Å². The highest BCUT2D eigenvalue weighted by molar-refractivity contribution is 5.85. The highest BCUT2D eigenvalue weighted by atomic mass is 35.5. The van der Waals surface area contributed by atoms with Crippen molar-refractivity contribution in [2.75, 3.05) is 20.1 Å². The Morgan fingerprint density at radius 2 is 1.92 bits per heavy atom. The molecule has 0 spiro atoms. The number of hydrogen-bond donors (Lipinski definition) is 3. The van der Waals surface area contributed by atoms with Gasteiger partial charge in [0.25, 0.3) is 0 Å². The van der Waals surface area contributed by atoms with Gasteiger partial charge in [-0.25, -0.2) is 0 Å². The zero-order valence-electron chi connectivity index (χ0n) is 13.6. The van der Waals surface area contributed by atoms with Crippen molar-refractivity contribution < 1.29 is 14.6 Å². The molecule has 6 heteroatoms. The van der Waals surface area contributed by atoms with Crippen LogP contribution in [-0.4, -0.2) is 31.2 Å². The Balaban J connectivity index is 0.00000288. The predicted octanol–water partition coefficient (Wildman–Crippen LogP) is 2.06. The van der Waals surface area contributed by atoms with Crippen molar-refractivity contribution in [1.82, 2.24) is 10.6 Å². The van der Waals surface area contributed by atoms with Crippen molar-refractivity contribution >= 4 is 18.3 Å². The number of likely N-dealkylation sites (N-methyl/N-ethyl adjacent to an activating group) is 1. The number of carbonyl (C=O) groups is 1. The summed E-state index contributed by atoms with van der Waals surface area (Å²) in [5, 5.41) is 15.6. The summed E-state index contributed by atoms with van der Waals surface area (Å²) in [5.74, 6) is 0.537. The summed E-state index contributed by atoms with van der Waals surface area (Å²) < 4.78 is 5.74. The number of aliphatic hydroxyl groups excluding tert-OH is 1. The summed E-state index contributed by atoms with van der Waals surface area (Å²) in [5.41, 5.74) is 1.79. The second kappa shape index (κ2) is 10.6. The van der Waals surface area contributed by atoms with Crippen molar-refractivity contribution in [3.8, 4) is 5.75 Å². The van der Waals surface area contributed by atoms with E-state index in [1.807, 2.05) is 48.5 Å². The molecule has 0 saturated carbocycles. The van der Waals surface area contributed by atoms with Gasteiger partial charge in [-0.1, -0.05) is 42.5 Å². The van der Waals surface area contributed by atoms with E-state index in [0.29, 0.717) is 17.9 Å². The van der Waals surface area contributed by atoms with Gasteiger partial charge >= 0.3 is 0 Å². The molecule has 130 valence electrons. The van der Waals surface area contributed by atoms with Gasteiger partial charge in [-0.15, -0.1) is 12.4 Å². The Labute approximate surface area is 148 Å². The molecule has 1 atom stereocenters. The van der Waals surface area contributed by atoms with E-state index in [9.17, 15) is 9.90 Å². The van der Waals surface area contributed by atoms with Crippen LogP contribution in [-0.2, 0) is 11.4 Å². The lowest BCUT2D eigenvalue weighted by molar-refractivity contribution is -0.120. The van der Waals surface area contributed by atoms with E-state index in [1.54, 1.807) is 13.1 Å². The number of carbonyl (C=O) groups excluding carboxylic acids is 1. The van der Waals surface area contributed by atoms with E-state index in [-0.39, 0.29) is 31.4 Å². The molecule has 24 heavy (non-hydrogen) atoms. The van der Waals surface area contributed by atoms with Crippen LogP contribution < -0.4 is 15.4 Å². The molecule has 0 radical (unpaired) electrons. The van der Waals surface area contributed by atoms with Gasteiger partial charge in [-0.3, -0.25) is 4.79 Å². The molecule has 0 heterocycles. The molecule has 2 rings (SSSR count). The van der Waals surface area contributed by atoms with E-state index >= 15 is 0 Å². The van der Waals surface area contributed by atoms with E-state index in [1.165, 1.54) is 0 Å². The largest absolute Gasteiger partial charge is 0.489 e. The topological polar surface area (TPSA) is 70.6 Å². The fourth-order valence-electron chi connectivity index (χ4n) is 2.10. The Bertz CT molecular complexity index is 623. The van der Waals surface area contributed by atoms with Crippen molar-refractivity contribution in [3.63, 3.8) is 0 Å². The molecule has 0 aliphatic rings. The van der Waals surface area contributed by atoms with Gasteiger partial charge < -0.3 is 20.5 Å². The fourth-order valence-corrected chi connectivity index (χ4v) is 2.10. The molecule has 1 amide bonds. The molecule has 0 aliphatic heterocycles. The van der Waals surface area contributed by atoms with Gasteiger partial charge in [0.05, 0.1) is 12.6 Å². The summed E-state index contributed by atoms with van der Waals surface area (Å²) in [6, 6.07) is 17.2.